The molecule has 0 aliphatic heterocycles. The number of nitrogens with two attached hydrogens (primary N) is 2. The van der Waals surface area contributed by atoms with Gasteiger partial charge in [-0.3, -0.25) is 9.78 Å². The van der Waals surface area contributed by atoms with E-state index in [1.165, 1.54) is 0 Å². The molecular formula is C19H20N4O2. The van der Waals surface area contributed by atoms with Crippen LogP contribution in [0.5, 0.6) is 0 Å². The normalized spacial score (nSPS) is 12.1. The number of aliphatic hydroxyl groups is 1. The zero-order chi connectivity index (χ0) is 17.8. The summed E-state index contributed by atoms with van der Waals surface area (Å²) in [6, 6.07) is 14.9. The van der Waals surface area contributed by atoms with Crippen molar-refractivity contribution in [3.8, 4) is 0 Å². The Morgan fingerprint density at radius 1 is 1.16 bits per heavy atom. The van der Waals surface area contributed by atoms with Crippen molar-refractivity contribution >= 4 is 22.5 Å². The van der Waals surface area contributed by atoms with E-state index in [-0.39, 0.29) is 12.6 Å². The predicted molar refractivity (Wildman–Crippen MR) is 98.0 cm³/mol. The number of pyridine rings is 1. The second-order valence-electron chi connectivity index (χ2n) is 5.73. The van der Waals surface area contributed by atoms with Crippen molar-refractivity contribution in [1.82, 2.24) is 4.98 Å². The largest absolute Gasteiger partial charge is 0.392 e. The number of rotatable bonds is 6. The average Bonchev–Trinajstić information content (AvgIpc) is 2.65. The first kappa shape index (κ1) is 16.9. The number of hydrogen-bond donors (Lipinski definition) is 4. The molecule has 1 heterocycles. The van der Waals surface area contributed by atoms with Gasteiger partial charge in [-0.05, 0) is 11.6 Å². The Morgan fingerprint density at radius 2 is 1.92 bits per heavy atom. The minimum atomic E-state index is -0.542. The molecule has 3 rings (SSSR count). The van der Waals surface area contributed by atoms with Gasteiger partial charge in [0, 0.05) is 23.7 Å². The minimum absolute atomic E-state index is 0.144. The lowest BCUT2D eigenvalue weighted by atomic mass is 10.0. The Morgan fingerprint density at radius 3 is 2.56 bits per heavy atom. The standard InChI is InChI=1S/C19H20N4O2/c20-9-16(12-5-2-1-3-6-12)23-17-13(11-24)10-22-18-14(17)7-4-8-15(18)19(21)25/h1-8,10,16,24H,9,11,20H2,(H2,21,25)(H,22,23)/t16-/m1/s1. The third-order valence-corrected chi connectivity index (χ3v) is 4.17. The summed E-state index contributed by atoms with van der Waals surface area (Å²) in [5, 5.41) is 13.8. The van der Waals surface area contributed by atoms with Crippen molar-refractivity contribution in [2.24, 2.45) is 11.5 Å². The Labute approximate surface area is 145 Å². The molecule has 0 saturated carbocycles. The zero-order valence-corrected chi connectivity index (χ0v) is 13.6. The highest BCUT2D eigenvalue weighted by Crippen LogP contribution is 2.31. The van der Waals surface area contributed by atoms with Crippen LogP contribution in [0.4, 0.5) is 5.69 Å². The fourth-order valence-corrected chi connectivity index (χ4v) is 2.89. The number of amides is 1. The fraction of sp³-hybridized carbons (Fsp3) is 0.158. The van der Waals surface area contributed by atoms with Gasteiger partial charge in [0.1, 0.15) is 0 Å². The molecule has 128 valence electrons. The molecule has 0 radical (unpaired) electrons. The summed E-state index contributed by atoms with van der Waals surface area (Å²) in [5.41, 5.74) is 14.6. The smallest absolute Gasteiger partial charge is 0.250 e. The van der Waals surface area contributed by atoms with E-state index in [4.69, 9.17) is 11.5 Å². The Hall–Kier alpha value is -2.96. The van der Waals surface area contributed by atoms with E-state index >= 15 is 0 Å². The highest BCUT2D eigenvalue weighted by atomic mass is 16.3. The third-order valence-electron chi connectivity index (χ3n) is 4.17. The monoisotopic (exact) mass is 336 g/mol. The molecule has 0 unspecified atom stereocenters. The van der Waals surface area contributed by atoms with Crippen molar-refractivity contribution in [1.29, 1.82) is 0 Å². The van der Waals surface area contributed by atoms with Gasteiger partial charge in [0.25, 0.3) is 5.91 Å². The molecule has 1 amide bonds. The van der Waals surface area contributed by atoms with Crippen LogP contribution in [0.2, 0.25) is 0 Å². The molecule has 6 nitrogen and oxygen atoms in total. The molecule has 0 bridgehead atoms. The van der Waals surface area contributed by atoms with Crippen LogP contribution < -0.4 is 16.8 Å². The molecule has 0 aliphatic carbocycles. The molecule has 1 atom stereocenters. The molecule has 0 fully saturated rings. The molecule has 0 spiro atoms. The molecular weight excluding hydrogens is 316 g/mol. The lowest BCUT2D eigenvalue weighted by molar-refractivity contribution is 0.100. The van der Waals surface area contributed by atoms with Crippen molar-refractivity contribution in [2.45, 2.75) is 12.6 Å². The lowest BCUT2D eigenvalue weighted by Gasteiger charge is -2.22. The molecule has 0 aliphatic rings. The van der Waals surface area contributed by atoms with Crippen LogP contribution in [0, 0.1) is 0 Å². The number of para-hydroxylation sites is 1. The van der Waals surface area contributed by atoms with Crippen LogP contribution in [0.15, 0.2) is 54.7 Å². The van der Waals surface area contributed by atoms with E-state index in [1.54, 1.807) is 18.3 Å². The van der Waals surface area contributed by atoms with Crippen LogP contribution in [0.3, 0.4) is 0 Å². The van der Waals surface area contributed by atoms with Crippen molar-refractivity contribution < 1.29 is 9.90 Å². The van der Waals surface area contributed by atoms with Gasteiger partial charge in [-0.15, -0.1) is 0 Å². The molecule has 0 saturated heterocycles. The van der Waals surface area contributed by atoms with E-state index in [9.17, 15) is 9.90 Å². The number of primary amides is 1. The quantitative estimate of drug-likeness (QED) is 0.549. The van der Waals surface area contributed by atoms with Crippen molar-refractivity contribution in [2.75, 3.05) is 11.9 Å². The SMILES string of the molecule is NC[C@@H](Nc1c(CO)cnc2c(C(N)=O)cccc12)c1ccccc1. The topological polar surface area (TPSA) is 114 Å². The number of aliphatic hydroxyl groups excluding tert-OH is 1. The summed E-state index contributed by atoms with van der Waals surface area (Å²) < 4.78 is 0. The number of fused-ring (bicyclic) bond motifs is 1. The Kier molecular flexibility index (Phi) is 4.92. The van der Waals surface area contributed by atoms with Crippen LogP contribution in [-0.2, 0) is 6.61 Å². The van der Waals surface area contributed by atoms with E-state index < -0.39 is 5.91 Å². The number of carbonyl (C=O) groups excluding carboxylic acids is 1. The first-order chi connectivity index (χ1) is 12.2. The first-order valence-corrected chi connectivity index (χ1v) is 7.98. The molecule has 2 aromatic carbocycles. The van der Waals surface area contributed by atoms with E-state index in [2.05, 4.69) is 10.3 Å². The highest BCUT2D eigenvalue weighted by molar-refractivity contribution is 6.08. The van der Waals surface area contributed by atoms with Gasteiger partial charge in [0.05, 0.1) is 29.4 Å². The van der Waals surface area contributed by atoms with Crippen molar-refractivity contribution in [3.63, 3.8) is 0 Å². The molecule has 1 aromatic heterocycles. The van der Waals surface area contributed by atoms with Gasteiger partial charge >= 0.3 is 0 Å². The predicted octanol–water partition coefficient (Wildman–Crippen LogP) is 1.94. The summed E-state index contributed by atoms with van der Waals surface area (Å²) in [7, 11) is 0. The average molecular weight is 336 g/mol. The summed E-state index contributed by atoms with van der Waals surface area (Å²) in [4.78, 5) is 16.0. The van der Waals surface area contributed by atoms with Gasteiger partial charge in [0.2, 0.25) is 0 Å². The van der Waals surface area contributed by atoms with Crippen molar-refractivity contribution in [3.05, 3.63) is 71.4 Å². The maximum absolute atomic E-state index is 11.7. The summed E-state index contributed by atoms with van der Waals surface area (Å²) in [5.74, 6) is -0.542. The number of anilines is 1. The maximum Gasteiger partial charge on any atom is 0.250 e. The highest BCUT2D eigenvalue weighted by Gasteiger charge is 2.17. The van der Waals surface area contributed by atoms with Crippen LogP contribution in [-0.4, -0.2) is 22.5 Å². The number of nitrogens with one attached hydrogen (secondary N) is 1. The van der Waals surface area contributed by atoms with Crippen LogP contribution in [0.25, 0.3) is 10.9 Å². The van der Waals surface area contributed by atoms with Crippen LogP contribution >= 0.6 is 0 Å². The Balaban J connectivity index is 2.13. The number of hydrogen-bond acceptors (Lipinski definition) is 5. The van der Waals surface area contributed by atoms with Gasteiger partial charge in [0.15, 0.2) is 0 Å². The van der Waals surface area contributed by atoms with Gasteiger partial charge in [-0.25, -0.2) is 0 Å². The maximum atomic E-state index is 11.7. The van der Waals surface area contributed by atoms with Crippen LogP contribution in [0.1, 0.15) is 27.5 Å². The van der Waals surface area contributed by atoms with Gasteiger partial charge in [-0.2, -0.15) is 0 Å². The molecule has 6 heteroatoms. The third kappa shape index (κ3) is 3.31. The summed E-state index contributed by atoms with van der Waals surface area (Å²) in [6.07, 6.45) is 1.55. The lowest BCUT2D eigenvalue weighted by Crippen LogP contribution is -2.21. The zero-order valence-electron chi connectivity index (χ0n) is 13.6. The number of benzene rings is 2. The minimum Gasteiger partial charge on any atom is -0.392 e. The van der Waals surface area contributed by atoms with Gasteiger partial charge < -0.3 is 21.9 Å². The summed E-state index contributed by atoms with van der Waals surface area (Å²) >= 11 is 0. The second kappa shape index (κ2) is 7.29. The number of aromatic nitrogens is 1. The molecule has 6 N–H and O–H groups in total. The number of carbonyl (C=O) groups is 1. The molecule has 25 heavy (non-hydrogen) atoms. The number of nitrogens with zero attached hydrogens (tertiary/aromatic N) is 1. The first-order valence-electron chi connectivity index (χ1n) is 7.98. The summed E-state index contributed by atoms with van der Waals surface area (Å²) in [6.45, 7) is 0.187. The fourth-order valence-electron chi connectivity index (χ4n) is 2.89. The molecule has 3 aromatic rings. The van der Waals surface area contributed by atoms with Gasteiger partial charge in [-0.1, -0.05) is 42.5 Å². The van der Waals surface area contributed by atoms with E-state index in [0.717, 1.165) is 10.9 Å². The Bertz CT molecular complexity index is 897. The van der Waals surface area contributed by atoms with E-state index in [0.29, 0.717) is 28.9 Å². The van der Waals surface area contributed by atoms with E-state index in [1.807, 2.05) is 36.4 Å². The second-order valence-corrected chi connectivity index (χ2v) is 5.73.